The molecule has 0 saturated carbocycles. The van der Waals surface area contributed by atoms with Crippen LogP contribution < -0.4 is 15.2 Å². The molecule has 0 bridgehead atoms. The van der Waals surface area contributed by atoms with E-state index in [2.05, 4.69) is 9.89 Å². The number of nitrogens with one attached hydrogen (secondary N) is 2. The summed E-state index contributed by atoms with van der Waals surface area (Å²) in [5.74, 6) is -0.342. The number of carbonyl (C=O) groups is 1. The van der Waals surface area contributed by atoms with Crippen molar-refractivity contribution in [1.82, 2.24) is 9.44 Å². The number of nitrogens with two attached hydrogens (primary N) is 1. The van der Waals surface area contributed by atoms with Gasteiger partial charge in [0.15, 0.2) is 5.84 Å². The lowest BCUT2D eigenvalue weighted by Crippen LogP contribution is -2.48. The molecule has 0 rings (SSSR count). The minimum Gasteiger partial charge on any atom is -0.452 e. The fourth-order valence-electron chi connectivity index (χ4n) is 0.561. The zero-order chi connectivity index (χ0) is 12.1. The monoisotopic (exact) mass is 240 g/mol. The number of rotatable bonds is 4. The highest BCUT2D eigenvalue weighted by Gasteiger charge is 2.19. The highest BCUT2D eigenvalue weighted by Crippen LogP contribution is 1.87. The quantitative estimate of drug-likeness (QED) is 0.200. The number of amides is 1. The molecule has 0 aliphatic heterocycles. The van der Waals surface area contributed by atoms with Crippen LogP contribution in [0.2, 0.25) is 0 Å². The van der Waals surface area contributed by atoms with Crippen molar-refractivity contribution in [2.24, 2.45) is 10.9 Å². The van der Waals surface area contributed by atoms with Crippen molar-refractivity contribution in [1.29, 1.82) is 0 Å². The van der Waals surface area contributed by atoms with Crippen molar-refractivity contribution in [3.05, 3.63) is 0 Å². The van der Waals surface area contributed by atoms with E-state index in [9.17, 15) is 13.2 Å². The Bertz CT molecular complexity index is 350. The Morgan fingerprint density at radius 2 is 2.13 bits per heavy atom. The Morgan fingerprint density at radius 1 is 1.60 bits per heavy atom. The van der Waals surface area contributed by atoms with Gasteiger partial charge in [-0.3, -0.25) is 0 Å². The maximum absolute atomic E-state index is 11.1. The topological polar surface area (TPSA) is 143 Å². The van der Waals surface area contributed by atoms with Crippen molar-refractivity contribution in [2.75, 3.05) is 7.11 Å². The minimum atomic E-state index is -4.09. The highest BCUT2D eigenvalue weighted by atomic mass is 32.2. The van der Waals surface area contributed by atoms with Crippen molar-refractivity contribution < 1.29 is 23.2 Å². The molecule has 15 heavy (non-hydrogen) atoms. The normalized spacial score (nSPS) is 14.4. The van der Waals surface area contributed by atoms with Gasteiger partial charge in [0.1, 0.15) is 0 Å². The fraction of sp³-hybridized carbons (Fsp3) is 0.600. The summed E-state index contributed by atoms with van der Waals surface area (Å²) < 4.78 is 29.7. The van der Waals surface area contributed by atoms with Gasteiger partial charge in [-0.1, -0.05) is 5.16 Å². The van der Waals surface area contributed by atoms with E-state index in [-0.39, 0.29) is 5.84 Å². The summed E-state index contributed by atoms with van der Waals surface area (Å²) in [5, 5.41) is 10.8. The minimum absolute atomic E-state index is 0.342. The van der Waals surface area contributed by atoms with E-state index in [1.165, 1.54) is 11.6 Å². The average molecular weight is 240 g/mol. The molecule has 0 heterocycles. The van der Waals surface area contributed by atoms with Gasteiger partial charge in [-0.25, -0.2) is 9.52 Å². The molecule has 0 radical (unpaired) electrons. The van der Waals surface area contributed by atoms with E-state index in [4.69, 9.17) is 10.9 Å². The molecule has 0 aromatic rings. The first-order valence-corrected chi connectivity index (χ1v) is 5.16. The third kappa shape index (κ3) is 5.02. The summed E-state index contributed by atoms with van der Waals surface area (Å²) in [7, 11) is -3.08. The van der Waals surface area contributed by atoms with Gasteiger partial charge in [0.2, 0.25) is 0 Å². The molecule has 0 aliphatic carbocycles. The van der Waals surface area contributed by atoms with Crippen LogP contribution in [0.1, 0.15) is 6.92 Å². The number of carbonyl (C=O) groups excluding carboxylic acids is 1. The summed E-state index contributed by atoms with van der Waals surface area (Å²) in [6, 6.07) is -0.961. The Morgan fingerprint density at radius 3 is 2.53 bits per heavy atom. The summed E-state index contributed by atoms with van der Waals surface area (Å²) in [6.45, 7) is 1.32. The van der Waals surface area contributed by atoms with Crippen LogP contribution in [0.5, 0.6) is 0 Å². The van der Waals surface area contributed by atoms with Crippen LogP contribution in [-0.4, -0.2) is 38.7 Å². The number of hydrogen-bond donors (Lipinski definition) is 4. The molecule has 88 valence electrons. The van der Waals surface area contributed by atoms with Crippen LogP contribution in [0.25, 0.3) is 0 Å². The molecular weight excluding hydrogens is 228 g/mol. The maximum Gasteiger partial charge on any atom is 0.421 e. The lowest BCUT2D eigenvalue weighted by molar-refractivity contribution is 0.177. The molecule has 0 spiro atoms. The molecule has 0 saturated heterocycles. The second-order valence-corrected chi connectivity index (χ2v) is 3.91. The van der Waals surface area contributed by atoms with Gasteiger partial charge in [0, 0.05) is 0 Å². The largest absolute Gasteiger partial charge is 0.452 e. The van der Waals surface area contributed by atoms with E-state index in [1.54, 1.807) is 0 Å². The summed E-state index contributed by atoms with van der Waals surface area (Å²) in [4.78, 5) is 10.6. The molecule has 0 aliphatic rings. The van der Waals surface area contributed by atoms with Gasteiger partial charge in [0.05, 0.1) is 13.2 Å². The van der Waals surface area contributed by atoms with Gasteiger partial charge in [-0.2, -0.15) is 13.1 Å². The van der Waals surface area contributed by atoms with Crippen molar-refractivity contribution in [2.45, 2.75) is 13.0 Å². The van der Waals surface area contributed by atoms with Gasteiger partial charge in [-0.05, 0) is 6.92 Å². The third-order valence-corrected chi connectivity index (χ3v) is 2.39. The molecule has 1 atom stereocenters. The Kier molecular flexibility index (Phi) is 4.81. The van der Waals surface area contributed by atoms with Crippen LogP contribution in [0.3, 0.4) is 0 Å². The Labute approximate surface area is 86.5 Å². The van der Waals surface area contributed by atoms with Crippen molar-refractivity contribution in [3.63, 3.8) is 0 Å². The molecule has 10 heteroatoms. The number of amidine groups is 1. The number of ether oxygens (including phenoxy) is 1. The standard InChI is InChI=1S/C5H12N4O5S/c1-3(4(6)7-11)8-15(12,13)9-5(10)14-2/h3,8,11H,1-2H3,(H2,6,7)(H,9,10). The molecule has 5 N–H and O–H groups in total. The number of hydrogen-bond acceptors (Lipinski definition) is 6. The zero-order valence-corrected chi connectivity index (χ0v) is 8.91. The van der Waals surface area contributed by atoms with Crippen LogP contribution in [0, 0.1) is 0 Å². The second-order valence-electron chi connectivity index (χ2n) is 2.46. The SMILES string of the molecule is COC(=O)NS(=O)(=O)NC(C)C(N)=NO. The van der Waals surface area contributed by atoms with E-state index in [0.717, 1.165) is 7.11 Å². The Hall–Kier alpha value is -1.55. The van der Waals surface area contributed by atoms with E-state index < -0.39 is 22.3 Å². The van der Waals surface area contributed by atoms with Crippen LogP contribution in [0.4, 0.5) is 4.79 Å². The summed E-state index contributed by atoms with van der Waals surface area (Å²) in [5.41, 5.74) is 5.12. The first-order valence-electron chi connectivity index (χ1n) is 3.68. The average Bonchev–Trinajstić information content (AvgIpc) is 2.14. The predicted octanol–water partition coefficient (Wildman–Crippen LogP) is -1.69. The van der Waals surface area contributed by atoms with E-state index in [1.807, 2.05) is 4.72 Å². The fourth-order valence-corrected chi connectivity index (χ4v) is 1.51. The van der Waals surface area contributed by atoms with Gasteiger partial charge < -0.3 is 15.7 Å². The van der Waals surface area contributed by atoms with Gasteiger partial charge in [0.25, 0.3) is 0 Å². The van der Waals surface area contributed by atoms with Crippen LogP contribution >= 0.6 is 0 Å². The summed E-state index contributed by atoms with van der Waals surface area (Å²) in [6.07, 6.45) is -1.14. The molecule has 0 aromatic carbocycles. The first kappa shape index (κ1) is 13.4. The lowest BCUT2D eigenvalue weighted by atomic mass is 10.3. The van der Waals surface area contributed by atoms with E-state index >= 15 is 0 Å². The van der Waals surface area contributed by atoms with Crippen LogP contribution in [0.15, 0.2) is 5.16 Å². The molecule has 9 nitrogen and oxygen atoms in total. The van der Waals surface area contributed by atoms with Gasteiger partial charge in [-0.15, -0.1) is 0 Å². The summed E-state index contributed by atoms with van der Waals surface area (Å²) >= 11 is 0. The molecule has 1 unspecified atom stereocenters. The Balaban J connectivity index is 4.46. The molecular formula is C5H12N4O5S. The zero-order valence-electron chi connectivity index (χ0n) is 8.09. The predicted molar refractivity (Wildman–Crippen MR) is 50.5 cm³/mol. The maximum atomic E-state index is 11.1. The smallest absolute Gasteiger partial charge is 0.421 e. The van der Waals surface area contributed by atoms with Crippen molar-refractivity contribution >= 4 is 22.1 Å². The third-order valence-electron chi connectivity index (χ3n) is 1.29. The highest BCUT2D eigenvalue weighted by molar-refractivity contribution is 7.88. The second kappa shape index (κ2) is 5.36. The lowest BCUT2D eigenvalue weighted by Gasteiger charge is -2.12. The van der Waals surface area contributed by atoms with Gasteiger partial charge >= 0.3 is 16.3 Å². The number of methoxy groups -OCH3 is 1. The number of nitrogens with zero attached hydrogens (tertiary/aromatic N) is 1. The van der Waals surface area contributed by atoms with Crippen molar-refractivity contribution in [3.8, 4) is 0 Å². The first-order chi connectivity index (χ1) is 6.82. The molecule has 1 amide bonds. The molecule has 0 fully saturated rings. The number of oxime groups is 1. The molecule has 0 aromatic heterocycles. The van der Waals surface area contributed by atoms with Crippen LogP contribution in [-0.2, 0) is 14.9 Å². The van der Waals surface area contributed by atoms with E-state index in [0.29, 0.717) is 0 Å².